The Morgan fingerprint density at radius 3 is 2.45 bits per heavy atom. The molecule has 0 radical (unpaired) electrons. The molecule has 3 aromatic rings. The molecule has 0 aliphatic heterocycles. The van der Waals surface area contributed by atoms with Crippen LogP contribution in [0, 0.1) is 12.8 Å². The van der Waals surface area contributed by atoms with Crippen LogP contribution in [0.25, 0.3) is 11.1 Å². The zero-order valence-corrected chi connectivity index (χ0v) is 18.6. The van der Waals surface area contributed by atoms with Crippen LogP contribution in [-0.2, 0) is 4.79 Å². The molecule has 2 aromatic carbocycles. The number of hydrogen-bond acceptors (Lipinski definition) is 2. The molecule has 1 heterocycles. The van der Waals surface area contributed by atoms with Crippen molar-refractivity contribution in [1.82, 2.24) is 10.3 Å². The number of H-pyrrole nitrogens is 1. The lowest BCUT2D eigenvalue weighted by atomic mass is 9.79. The lowest BCUT2D eigenvalue weighted by Crippen LogP contribution is -2.25. The van der Waals surface area contributed by atoms with Crippen LogP contribution in [-0.4, -0.2) is 24.5 Å². The van der Waals surface area contributed by atoms with Gasteiger partial charge in [-0.1, -0.05) is 42.5 Å². The van der Waals surface area contributed by atoms with Gasteiger partial charge in [0.1, 0.15) is 5.75 Å². The highest BCUT2D eigenvalue weighted by molar-refractivity contribution is 5.67. The number of carbonyl (C=O) groups is 1. The van der Waals surface area contributed by atoms with Crippen molar-refractivity contribution in [3.63, 3.8) is 0 Å². The van der Waals surface area contributed by atoms with Crippen molar-refractivity contribution >= 4 is 6.41 Å². The highest BCUT2D eigenvalue weighted by atomic mass is 16.5. The maximum absolute atomic E-state index is 10.2. The first-order valence-corrected chi connectivity index (χ1v) is 11.3. The van der Waals surface area contributed by atoms with E-state index in [0.29, 0.717) is 12.5 Å². The molecule has 0 unspecified atom stereocenters. The van der Waals surface area contributed by atoms with Gasteiger partial charge in [0, 0.05) is 24.5 Å². The third-order valence-electron chi connectivity index (χ3n) is 6.02. The molecule has 0 atom stereocenters. The molecule has 4 heteroatoms. The average molecular weight is 419 g/mol. The van der Waals surface area contributed by atoms with E-state index in [2.05, 4.69) is 59.7 Å². The summed E-state index contributed by atoms with van der Waals surface area (Å²) in [5.74, 6) is 2.34. The van der Waals surface area contributed by atoms with Gasteiger partial charge in [-0.05, 0) is 80.2 Å². The van der Waals surface area contributed by atoms with Gasteiger partial charge < -0.3 is 15.0 Å². The van der Waals surface area contributed by atoms with Gasteiger partial charge in [0.25, 0.3) is 0 Å². The standard InChI is InChI=1S/C14H19NO.C13H15NO/c16-11-15-10-12-6-8-14(9-7-12)13-4-2-1-3-5-13;1-3-15-12-6-4-5-11(7-12)13-9-14-8-10(13)2/h1-5,11-12,14H,6-10H2,(H,15,16);4-9,14H,3H2,1-2H3. The molecule has 1 fully saturated rings. The zero-order chi connectivity index (χ0) is 21.9. The molecular formula is C27H34N2O2. The number of nitrogens with one attached hydrogen (secondary N) is 2. The van der Waals surface area contributed by atoms with Gasteiger partial charge in [0.05, 0.1) is 6.61 Å². The largest absolute Gasteiger partial charge is 0.494 e. The number of ether oxygens (including phenoxy) is 1. The van der Waals surface area contributed by atoms with E-state index in [1.807, 2.05) is 31.5 Å². The smallest absolute Gasteiger partial charge is 0.207 e. The molecule has 1 amide bonds. The van der Waals surface area contributed by atoms with E-state index < -0.39 is 0 Å². The number of aromatic amines is 1. The third-order valence-corrected chi connectivity index (χ3v) is 6.02. The summed E-state index contributed by atoms with van der Waals surface area (Å²) in [6.45, 7) is 5.65. The lowest BCUT2D eigenvalue weighted by molar-refractivity contribution is -0.109. The minimum absolute atomic E-state index is 0.685. The van der Waals surface area contributed by atoms with Crippen LogP contribution < -0.4 is 10.1 Å². The predicted molar refractivity (Wildman–Crippen MR) is 127 cm³/mol. The fraction of sp³-hybridized carbons (Fsp3) is 0.370. The minimum atomic E-state index is 0.685. The molecule has 2 N–H and O–H groups in total. The normalized spacial score (nSPS) is 17.9. The molecule has 1 aliphatic carbocycles. The number of amides is 1. The van der Waals surface area contributed by atoms with Crippen LogP contribution in [0.3, 0.4) is 0 Å². The fourth-order valence-corrected chi connectivity index (χ4v) is 4.31. The summed E-state index contributed by atoms with van der Waals surface area (Å²) < 4.78 is 5.47. The summed E-state index contributed by atoms with van der Waals surface area (Å²) in [7, 11) is 0. The second-order valence-electron chi connectivity index (χ2n) is 8.17. The molecule has 0 spiro atoms. The maximum atomic E-state index is 10.2. The molecule has 0 bridgehead atoms. The zero-order valence-electron chi connectivity index (χ0n) is 18.6. The van der Waals surface area contributed by atoms with Crippen LogP contribution >= 0.6 is 0 Å². The van der Waals surface area contributed by atoms with Gasteiger partial charge >= 0.3 is 0 Å². The molecule has 1 aromatic heterocycles. The van der Waals surface area contributed by atoms with Gasteiger partial charge in [-0.15, -0.1) is 0 Å². The van der Waals surface area contributed by atoms with Crippen LogP contribution in [0.2, 0.25) is 0 Å². The van der Waals surface area contributed by atoms with Crippen molar-refractivity contribution in [2.75, 3.05) is 13.2 Å². The molecule has 4 rings (SSSR count). The first kappa shape index (κ1) is 22.7. The van der Waals surface area contributed by atoms with Crippen LogP contribution in [0.5, 0.6) is 5.75 Å². The van der Waals surface area contributed by atoms with Crippen molar-refractivity contribution in [1.29, 1.82) is 0 Å². The lowest BCUT2D eigenvalue weighted by Gasteiger charge is -2.28. The van der Waals surface area contributed by atoms with Crippen LogP contribution in [0.4, 0.5) is 0 Å². The van der Waals surface area contributed by atoms with Crippen molar-refractivity contribution in [3.05, 3.63) is 78.1 Å². The third kappa shape index (κ3) is 6.74. The average Bonchev–Trinajstić information content (AvgIpc) is 3.25. The molecule has 0 saturated heterocycles. The Balaban J connectivity index is 0.000000176. The number of benzene rings is 2. The summed E-state index contributed by atoms with van der Waals surface area (Å²) in [4.78, 5) is 13.3. The van der Waals surface area contributed by atoms with E-state index in [1.54, 1.807) is 0 Å². The topological polar surface area (TPSA) is 54.1 Å². The Bertz CT molecular complexity index is 912. The van der Waals surface area contributed by atoms with Crippen molar-refractivity contribution in [2.24, 2.45) is 5.92 Å². The highest BCUT2D eigenvalue weighted by Gasteiger charge is 2.21. The van der Waals surface area contributed by atoms with Crippen molar-refractivity contribution in [3.8, 4) is 16.9 Å². The monoisotopic (exact) mass is 418 g/mol. The minimum Gasteiger partial charge on any atom is -0.494 e. The molecule has 4 nitrogen and oxygen atoms in total. The van der Waals surface area contributed by atoms with E-state index in [4.69, 9.17) is 4.74 Å². The summed E-state index contributed by atoms with van der Waals surface area (Å²) in [5, 5.41) is 2.79. The summed E-state index contributed by atoms with van der Waals surface area (Å²) in [6.07, 6.45) is 9.82. The van der Waals surface area contributed by atoms with E-state index in [9.17, 15) is 4.79 Å². The Morgan fingerprint density at radius 2 is 1.81 bits per heavy atom. The quantitative estimate of drug-likeness (QED) is 0.456. The van der Waals surface area contributed by atoms with Gasteiger partial charge in [-0.25, -0.2) is 0 Å². The van der Waals surface area contributed by atoms with Crippen LogP contribution in [0.15, 0.2) is 67.0 Å². The van der Waals surface area contributed by atoms with E-state index in [-0.39, 0.29) is 0 Å². The van der Waals surface area contributed by atoms with E-state index >= 15 is 0 Å². The van der Waals surface area contributed by atoms with Crippen LogP contribution in [0.1, 0.15) is 49.7 Å². The number of aryl methyl sites for hydroxylation is 1. The Labute approximate surface area is 186 Å². The SMILES string of the molecule is CCOc1cccc(-c2c[nH]cc2C)c1.O=CNCC1CCC(c2ccccc2)CC1. The molecule has 164 valence electrons. The number of carbonyl (C=O) groups excluding carboxylic acids is 1. The summed E-state index contributed by atoms with van der Waals surface area (Å²) in [6, 6.07) is 18.9. The predicted octanol–water partition coefficient (Wildman–Crippen LogP) is 6.10. The van der Waals surface area contributed by atoms with Gasteiger partial charge in [0.2, 0.25) is 6.41 Å². The van der Waals surface area contributed by atoms with Gasteiger partial charge in [-0.3, -0.25) is 4.79 Å². The van der Waals surface area contributed by atoms with Gasteiger partial charge in [-0.2, -0.15) is 0 Å². The first-order chi connectivity index (χ1) is 15.2. The Hall–Kier alpha value is -3.01. The molecular weight excluding hydrogens is 384 g/mol. The molecule has 1 aliphatic rings. The first-order valence-electron chi connectivity index (χ1n) is 11.3. The number of rotatable bonds is 7. The summed E-state index contributed by atoms with van der Waals surface area (Å²) in [5.41, 5.74) is 5.16. The van der Waals surface area contributed by atoms with E-state index in [0.717, 1.165) is 24.6 Å². The Kier molecular flexibility index (Phi) is 8.77. The Morgan fingerprint density at radius 1 is 1.03 bits per heavy atom. The van der Waals surface area contributed by atoms with E-state index in [1.165, 1.54) is 47.9 Å². The van der Waals surface area contributed by atoms with Gasteiger partial charge in [0.15, 0.2) is 0 Å². The second-order valence-corrected chi connectivity index (χ2v) is 8.17. The number of aromatic nitrogens is 1. The molecule has 31 heavy (non-hydrogen) atoms. The maximum Gasteiger partial charge on any atom is 0.207 e. The second kappa shape index (κ2) is 12.0. The fourth-order valence-electron chi connectivity index (χ4n) is 4.31. The number of hydrogen-bond donors (Lipinski definition) is 2. The molecule has 1 saturated carbocycles. The van der Waals surface area contributed by atoms with Crippen molar-refractivity contribution < 1.29 is 9.53 Å². The van der Waals surface area contributed by atoms with Crippen molar-refractivity contribution in [2.45, 2.75) is 45.4 Å². The summed E-state index contributed by atoms with van der Waals surface area (Å²) >= 11 is 0. The highest BCUT2D eigenvalue weighted by Crippen LogP contribution is 2.35.